The van der Waals surface area contributed by atoms with Gasteiger partial charge in [-0.25, -0.2) is 4.68 Å². The normalized spacial score (nSPS) is 12.6. The molecule has 0 radical (unpaired) electrons. The molecule has 0 aliphatic heterocycles. The van der Waals surface area contributed by atoms with Crippen LogP contribution in [0.4, 0.5) is 0 Å². The van der Waals surface area contributed by atoms with Gasteiger partial charge in [-0.3, -0.25) is 4.79 Å². The van der Waals surface area contributed by atoms with E-state index in [1.54, 1.807) is 7.11 Å². The molecule has 0 fully saturated rings. The van der Waals surface area contributed by atoms with Crippen LogP contribution >= 0.6 is 12.4 Å². The number of hydrogen-bond acceptors (Lipinski definition) is 4. The van der Waals surface area contributed by atoms with E-state index in [1.807, 2.05) is 4.68 Å². The molecule has 0 spiro atoms. The molecule has 0 atom stereocenters. The van der Waals surface area contributed by atoms with Gasteiger partial charge < -0.3 is 15.4 Å². The van der Waals surface area contributed by atoms with Crippen molar-refractivity contribution in [2.75, 3.05) is 33.4 Å². The van der Waals surface area contributed by atoms with Crippen molar-refractivity contribution in [2.45, 2.75) is 33.1 Å². The van der Waals surface area contributed by atoms with E-state index in [0.717, 1.165) is 43.6 Å². The quantitative estimate of drug-likeness (QED) is 0.677. The zero-order chi connectivity index (χ0) is 18.5. The lowest BCUT2D eigenvalue weighted by molar-refractivity contribution is 0.0947. The van der Waals surface area contributed by atoms with Crippen molar-refractivity contribution in [3.05, 3.63) is 46.3 Å². The summed E-state index contributed by atoms with van der Waals surface area (Å²) < 4.78 is 6.96. The number of halogens is 1. The highest BCUT2D eigenvalue weighted by molar-refractivity contribution is 5.94. The second kappa shape index (κ2) is 9.88. The van der Waals surface area contributed by atoms with Crippen molar-refractivity contribution >= 4 is 18.3 Å². The average molecular weight is 393 g/mol. The third-order valence-electron chi connectivity index (χ3n) is 4.80. The maximum absolute atomic E-state index is 12.6. The summed E-state index contributed by atoms with van der Waals surface area (Å²) in [5.74, 6) is -0.0831. The molecule has 3 rings (SSSR count). The summed E-state index contributed by atoms with van der Waals surface area (Å²) in [6.45, 7) is 6.92. The van der Waals surface area contributed by atoms with Crippen LogP contribution in [0.1, 0.15) is 39.3 Å². The maximum Gasteiger partial charge on any atom is 0.272 e. The minimum atomic E-state index is -0.0831. The summed E-state index contributed by atoms with van der Waals surface area (Å²) in [6, 6.07) is 6.35. The van der Waals surface area contributed by atoms with E-state index in [0.29, 0.717) is 18.8 Å². The van der Waals surface area contributed by atoms with Crippen molar-refractivity contribution < 1.29 is 9.53 Å². The smallest absolute Gasteiger partial charge is 0.272 e. The van der Waals surface area contributed by atoms with E-state index in [-0.39, 0.29) is 18.3 Å². The van der Waals surface area contributed by atoms with Gasteiger partial charge in [-0.2, -0.15) is 5.10 Å². The van der Waals surface area contributed by atoms with Gasteiger partial charge in [-0.1, -0.05) is 17.7 Å². The van der Waals surface area contributed by atoms with Crippen LogP contribution in [0.25, 0.3) is 5.69 Å². The topological polar surface area (TPSA) is 68.2 Å². The molecule has 7 heteroatoms. The highest BCUT2D eigenvalue weighted by Gasteiger charge is 2.27. The number of hydrogen-bond donors (Lipinski definition) is 2. The fraction of sp³-hybridized carbons (Fsp3) is 0.500. The third kappa shape index (κ3) is 4.89. The van der Waals surface area contributed by atoms with Crippen LogP contribution in [-0.4, -0.2) is 49.0 Å². The molecule has 1 aliphatic carbocycles. The SMILES string of the molecule is COCCNCCNC(=O)c1nn(-c2ccc(C)cc2C)c2c1CCC2.Cl. The van der Waals surface area contributed by atoms with Crippen LogP contribution in [0.2, 0.25) is 0 Å². The zero-order valence-corrected chi connectivity index (χ0v) is 17.1. The van der Waals surface area contributed by atoms with Crippen molar-refractivity contribution in [3.8, 4) is 5.69 Å². The number of ether oxygens (including phenoxy) is 1. The zero-order valence-electron chi connectivity index (χ0n) is 16.3. The highest BCUT2D eigenvalue weighted by atomic mass is 35.5. The van der Waals surface area contributed by atoms with E-state index < -0.39 is 0 Å². The third-order valence-corrected chi connectivity index (χ3v) is 4.80. The van der Waals surface area contributed by atoms with Crippen LogP contribution < -0.4 is 10.6 Å². The Hall–Kier alpha value is -1.89. The van der Waals surface area contributed by atoms with Gasteiger partial charge in [0.1, 0.15) is 0 Å². The Balaban J connectivity index is 0.00000261. The Morgan fingerprint density at radius 2 is 2.04 bits per heavy atom. The first-order chi connectivity index (χ1) is 12.6. The summed E-state index contributed by atoms with van der Waals surface area (Å²) in [5, 5.41) is 10.9. The molecule has 1 amide bonds. The Morgan fingerprint density at radius 1 is 1.22 bits per heavy atom. The summed E-state index contributed by atoms with van der Waals surface area (Å²) in [4.78, 5) is 12.6. The summed E-state index contributed by atoms with van der Waals surface area (Å²) >= 11 is 0. The molecule has 27 heavy (non-hydrogen) atoms. The lowest BCUT2D eigenvalue weighted by Gasteiger charge is -2.10. The number of aromatic nitrogens is 2. The highest BCUT2D eigenvalue weighted by Crippen LogP contribution is 2.29. The fourth-order valence-electron chi connectivity index (χ4n) is 3.51. The number of nitrogens with zero attached hydrogens (tertiary/aromatic N) is 2. The fourth-order valence-corrected chi connectivity index (χ4v) is 3.51. The summed E-state index contributed by atoms with van der Waals surface area (Å²) in [5.41, 5.74) is 6.34. The van der Waals surface area contributed by atoms with E-state index in [2.05, 4.69) is 47.8 Å². The molecule has 0 bridgehead atoms. The van der Waals surface area contributed by atoms with Gasteiger partial charge in [0.2, 0.25) is 0 Å². The molecular weight excluding hydrogens is 364 g/mol. The number of amides is 1. The predicted molar refractivity (Wildman–Crippen MR) is 109 cm³/mol. The molecule has 0 saturated heterocycles. The van der Waals surface area contributed by atoms with Crippen LogP contribution in [0.15, 0.2) is 18.2 Å². The minimum absolute atomic E-state index is 0. The first-order valence-corrected chi connectivity index (χ1v) is 9.28. The van der Waals surface area contributed by atoms with Gasteiger partial charge in [0.15, 0.2) is 5.69 Å². The molecule has 0 saturated carbocycles. The van der Waals surface area contributed by atoms with E-state index in [9.17, 15) is 4.79 Å². The molecule has 2 aromatic rings. The molecule has 1 aliphatic rings. The molecule has 1 aromatic heterocycles. The monoisotopic (exact) mass is 392 g/mol. The molecule has 6 nitrogen and oxygen atoms in total. The molecular formula is C20H29ClN4O2. The van der Waals surface area contributed by atoms with Crippen LogP contribution in [0, 0.1) is 13.8 Å². The second-order valence-electron chi connectivity index (χ2n) is 6.83. The lowest BCUT2D eigenvalue weighted by Crippen LogP contribution is -2.33. The van der Waals surface area contributed by atoms with Gasteiger partial charge >= 0.3 is 0 Å². The van der Waals surface area contributed by atoms with Gasteiger partial charge in [-0.15, -0.1) is 12.4 Å². The van der Waals surface area contributed by atoms with Crippen molar-refractivity contribution in [3.63, 3.8) is 0 Å². The first-order valence-electron chi connectivity index (χ1n) is 9.28. The van der Waals surface area contributed by atoms with Crippen molar-refractivity contribution in [2.24, 2.45) is 0 Å². The molecule has 0 unspecified atom stereocenters. The number of aryl methyl sites for hydroxylation is 2. The Morgan fingerprint density at radius 3 is 2.78 bits per heavy atom. The van der Waals surface area contributed by atoms with Crippen LogP contribution in [-0.2, 0) is 17.6 Å². The Kier molecular flexibility index (Phi) is 7.83. The van der Waals surface area contributed by atoms with Gasteiger partial charge in [-0.05, 0) is 44.7 Å². The summed E-state index contributed by atoms with van der Waals surface area (Å²) in [7, 11) is 1.68. The number of nitrogens with one attached hydrogen (secondary N) is 2. The van der Waals surface area contributed by atoms with E-state index in [1.165, 1.54) is 16.8 Å². The van der Waals surface area contributed by atoms with Crippen LogP contribution in [0.5, 0.6) is 0 Å². The average Bonchev–Trinajstić information content (AvgIpc) is 3.21. The lowest BCUT2D eigenvalue weighted by atomic mass is 10.1. The Labute approximate surface area is 167 Å². The number of methoxy groups -OCH3 is 1. The van der Waals surface area contributed by atoms with Gasteiger partial charge in [0.25, 0.3) is 5.91 Å². The first kappa shape index (κ1) is 21.4. The number of benzene rings is 1. The van der Waals surface area contributed by atoms with Gasteiger partial charge in [0, 0.05) is 38.0 Å². The maximum atomic E-state index is 12.6. The molecule has 1 heterocycles. The standard InChI is InChI=1S/C20H28N4O2.ClH/c1-14-7-8-17(15(2)13-14)24-18-6-4-5-16(18)19(23-24)20(25)22-10-9-21-11-12-26-3;/h7-8,13,21H,4-6,9-12H2,1-3H3,(H,22,25);1H. The predicted octanol–water partition coefficient (Wildman–Crippen LogP) is 2.37. The second-order valence-corrected chi connectivity index (χ2v) is 6.83. The number of carbonyl (C=O) groups is 1. The number of fused-ring (bicyclic) bond motifs is 1. The molecule has 2 N–H and O–H groups in total. The largest absolute Gasteiger partial charge is 0.383 e. The van der Waals surface area contributed by atoms with E-state index in [4.69, 9.17) is 4.74 Å². The number of rotatable bonds is 8. The number of carbonyl (C=O) groups excluding carboxylic acids is 1. The van der Waals surface area contributed by atoms with Gasteiger partial charge in [0.05, 0.1) is 12.3 Å². The van der Waals surface area contributed by atoms with Crippen LogP contribution in [0.3, 0.4) is 0 Å². The van der Waals surface area contributed by atoms with Crippen molar-refractivity contribution in [1.29, 1.82) is 0 Å². The van der Waals surface area contributed by atoms with Crippen molar-refractivity contribution in [1.82, 2.24) is 20.4 Å². The molecule has 1 aromatic carbocycles. The van der Waals surface area contributed by atoms with E-state index >= 15 is 0 Å². The minimum Gasteiger partial charge on any atom is -0.383 e. The summed E-state index contributed by atoms with van der Waals surface area (Å²) in [6.07, 6.45) is 2.98. The molecule has 148 valence electrons. The Bertz CT molecular complexity index is 789.